The van der Waals surface area contributed by atoms with Gasteiger partial charge in [-0.25, -0.2) is 0 Å². The van der Waals surface area contributed by atoms with Gasteiger partial charge in [0.05, 0.1) is 6.61 Å². The third-order valence-corrected chi connectivity index (χ3v) is 2.28. The van der Waals surface area contributed by atoms with E-state index in [2.05, 4.69) is 6.92 Å². The monoisotopic (exact) mass is 223 g/mol. The highest BCUT2D eigenvalue weighted by atomic mass is 16.5. The van der Waals surface area contributed by atoms with Gasteiger partial charge in [-0.2, -0.15) is 5.48 Å². The van der Waals surface area contributed by atoms with Gasteiger partial charge in [-0.3, -0.25) is 0 Å². The Morgan fingerprint density at radius 2 is 2.12 bits per heavy atom. The van der Waals surface area contributed by atoms with Gasteiger partial charge in [-0.15, -0.1) is 0 Å². The van der Waals surface area contributed by atoms with E-state index >= 15 is 0 Å². The molecule has 1 aromatic carbocycles. The standard InChI is InChI=1S/C12H17NO3/c1-2-3-8-16-11-6-4-10(5-7-11)12(9-14)13-15/h4-7,9,12-13,15H,2-3,8H2,1H3. The van der Waals surface area contributed by atoms with E-state index in [4.69, 9.17) is 9.94 Å². The Morgan fingerprint density at radius 3 is 2.62 bits per heavy atom. The second-order valence-electron chi connectivity index (χ2n) is 3.51. The molecular formula is C12H17NO3. The van der Waals surface area contributed by atoms with Gasteiger partial charge in [0.25, 0.3) is 0 Å². The van der Waals surface area contributed by atoms with Crippen molar-refractivity contribution in [2.45, 2.75) is 25.8 Å². The van der Waals surface area contributed by atoms with Crippen molar-refractivity contribution in [1.29, 1.82) is 0 Å². The zero-order valence-corrected chi connectivity index (χ0v) is 9.35. The quantitative estimate of drug-likeness (QED) is 0.422. The molecule has 0 aromatic heterocycles. The molecule has 1 unspecified atom stereocenters. The number of hydrogen-bond donors (Lipinski definition) is 2. The highest BCUT2D eigenvalue weighted by molar-refractivity contribution is 5.61. The van der Waals surface area contributed by atoms with Crippen molar-refractivity contribution in [3.8, 4) is 5.75 Å². The third-order valence-electron chi connectivity index (χ3n) is 2.28. The number of nitrogens with one attached hydrogen (secondary N) is 1. The highest BCUT2D eigenvalue weighted by Crippen LogP contribution is 2.16. The van der Waals surface area contributed by atoms with Gasteiger partial charge in [0.2, 0.25) is 0 Å². The third kappa shape index (κ3) is 3.64. The minimum Gasteiger partial charge on any atom is -0.494 e. The van der Waals surface area contributed by atoms with Crippen LogP contribution in [0.1, 0.15) is 31.4 Å². The molecule has 0 fully saturated rings. The Labute approximate surface area is 95.2 Å². The lowest BCUT2D eigenvalue weighted by atomic mass is 10.1. The number of hydroxylamine groups is 1. The minimum absolute atomic E-state index is 0.646. The lowest BCUT2D eigenvalue weighted by Crippen LogP contribution is -2.17. The Kier molecular flexibility index (Phi) is 5.53. The van der Waals surface area contributed by atoms with Crippen LogP contribution >= 0.6 is 0 Å². The molecule has 4 nitrogen and oxygen atoms in total. The van der Waals surface area contributed by atoms with Gasteiger partial charge in [-0.05, 0) is 24.1 Å². The zero-order valence-electron chi connectivity index (χ0n) is 9.35. The zero-order chi connectivity index (χ0) is 11.8. The summed E-state index contributed by atoms with van der Waals surface area (Å²) in [5.41, 5.74) is 2.64. The van der Waals surface area contributed by atoms with Crippen LogP contribution in [0.5, 0.6) is 5.75 Å². The van der Waals surface area contributed by atoms with E-state index in [1.165, 1.54) is 0 Å². The molecule has 0 aliphatic rings. The van der Waals surface area contributed by atoms with Crippen LogP contribution in [0.3, 0.4) is 0 Å². The molecule has 0 aliphatic heterocycles. The van der Waals surface area contributed by atoms with E-state index in [1.807, 2.05) is 5.48 Å². The fraction of sp³-hybridized carbons (Fsp3) is 0.417. The number of unbranched alkanes of at least 4 members (excludes halogenated alkanes) is 1. The molecule has 88 valence electrons. The van der Waals surface area contributed by atoms with E-state index in [1.54, 1.807) is 24.3 Å². The fourth-order valence-corrected chi connectivity index (χ4v) is 1.29. The van der Waals surface area contributed by atoms with Crippen molar-refractivity contribution in [3.05, 3.63) is 29.8 Å². The topological polar surface area (TPSA) is 58.6 Å². The lowest BCUT2D eigenvalue weighted by molar-refractivity contribution is -0.111. The molecule has 1 atom stereocenters. The molecule has 0 amide bonds. The molecule has 1 rings (SSSR count). The summed E-state index contributed by atoms with van der Waals surface area (Å²) < 4.78 is 5.48. The molecule has 4 heteroatoms. The fourth-order valence-electron chi connectivity index (χ4n) is 1.29. The molecule has 1 aromatic rings. The number of ether oxygens (including phenoxy) is 1. The molecule has 2 N–H and O–H groups in total. The van der Waals surface area contributed by atoms with Gasteiger partial charge in [-0.1, -0.05) is 25.5 Å². The van der Waals surface area contributed by atoms with E-state index in [0.29, 0.717) is 18.5 Å². The Morgan fingerprint density at radius 1 is 1.44 bits per heavy atom. The number of rotatable bonds is 7. The SMILES string of the molecule is CCCCOc1ccc(C(C=O)NO)cc1. The van der Waals surface area contributed by atoms with Gasteiger partial charge in [0.15, 0.2) is 0 Å². The molecule has 0 aliphatic carbocycles. The number of aldehydes is 1. The predicted octanol–water partition coefficient (Wildman–Crippen LogP) is 2.08. The largest absolute Gasteiger partial charge is 0.494 e. The van der Waals surface area contributed by atoms with Crippen LogP contribution in [-0.2, 0) is 4.79 Å². The van der Waals surface area contributed by atoms with Crippen LogP contribution in [0.15, 0.2) is 24.3 Å². The van der Waals surface area contributed by atoms with Crippen LogP contribution in [-0.4, -0.2) is 18.1 Å². The van der Waals surface area contributed by atoms with Crippen molar-refractivity contribution in [2.75, 3.05) is 6.61 Å². The maximum Gasteiger partial charge on any atom is 0.143 e. The molecule has 16 heavy (non-hydrogen) atoms. The highest BCUT2D eigenvalue weighted by Gasteiger charge is 2.07. The first kappa shape index (κ1) is 12.7. The van der Waals surface area contributed by atoms with Gasteiger partial charge < -0.3 is 14.7 Å². The molecular weight excluding hydrogens is 206 g/mol. The van der Waals surface area contributed by atoms with Crippen molar-refractivity contribution in [2.24, 2.45) is 0 Å². The molecule has 0 spiro atoms. The summed E-state index contributed by atoms with van der Waals surface area (Å²) in [5, 5.41) is 8.71. The number of hydrogen-bond acceptors (Lipinski definition) is 4. The average molecular weight is 223 g/mol. The predicted molar refractivity (Wildman–Crippen MR) is 60.6 cm³/mol. The van der Waals surface area contributed by atoms with Crippen LogP contribution in [0.25, 0.3) is 0 Å². The van der Waals surface area contributed by atoms with Gasteiger partial charge in [0.1, 0.15) is 18.1 Å². The van der Waals surface area contributed by atoms with E-state index in [0.717, 1.165) is 18.6 Å². The van der Waals surface area contributed by atoms with Gasteiger partial charge in [0, 0.05) is 0 Å². The van der Waals surface area contributed by atoms with Crippen molar-refractivity contribution in [3.63, 3.8) is 0 Å². The van der Waals surface area contributed by atoms with Gasteiger partial charge >= 0.3 is 0 Å². The molecule has 0 bridgehead atoms. The van der Waals surface area contributed by atoms with Crippen LogP contribution in [0.2, 0.25) is 0 Å². The minimum atomic E-state index is -0.676. The summed E-state index contributed by atoms with van der Waals surface area (Å²) in [6, 6.07) is 6.41. The second kappa shape index (κ2) is 6.98. The summed E-state index contributed by atoms with van der Waals surface area (Å²) in [4.78, 5) is 10.6. The molecule has 0 saturated heterocycles. The number of carbonyl (C=O) groups is 1. The Balaban J connectivity index is 2.56. The first-order chi connectivity index (χ1) is 7.81. The van der Waals surface area contributed by atoms with E-state index in [-0.39, 0.29) is 0 Å². The smallest absolute Gasteiger partial charge is 0.143 e. The van der Waals surface area contributed by atoms with E-state index < -0.39 is 6.04 Å². The molecule has 0 radical (unpaired) electrons. The maximum atomic E-state index is 10.6. The first-order valence-electron chi connectivity index (χ1n) is 5.39. The van der Waals surface area contributed by atoms with Crippen molar-refractivity contribution < 1.29 is 14.7 Å². The summed E-state index contributed by atoms with van der Waals surface area (Å²) in [5.74, 6) is 0.778. The Bertz CT molecular complexity index is 311. The number of benzene rings is 1. The van der Waals surface area contributed by atoms with Crippen molar-refractivity contribution >= 4 is 6.29 Å². The number of carbonyl (C=O) groups excluding carboxylic acids is 1. The first-order valence-corrected chi connectivity index (χ1v) is 5.39. The normalized spacial score (nSPS) is 12.1. The van der Waals surface area contributed by atoms with Crippen LogP contribution < -0.4 is 10.2 Å². The summed E-state index contributed by atoms with van der Waals surface area (Å²) in [6.07, 6.45) is 2.77. The van der Waals surface area contributed by atoms with E-state index in [9.17, 15) is 4.79 Å². The van der Waals surface area contributed by atoms with Crippen LogP contribution in [0.4, 0.5) is 0 Å². The average Bonchev–Trinajstić information content (AvgIpc) is 2.33. The van der Waals surface area contributed by atoms with Crippen LogP contribution in [0, 0.1) is 0 Å². The summed E-state index contributed by atoms with van der Waals surface area (Å²) >= 11 is 0. The second-order valence-corrected chi connectivity index (χ2v) is 3.51. The lowest BCUT2D eigenvalue weighted by Gasteiger charge is -2.09. The molecule has 0 heterocycles. The Hall–Kier alpha value is -1.39. The molecule has 0 saturated carbocycles. The van der Waals surface area contributed by atoms with Crippen molar-refractivity contribution in [1.82, 2.24) is 5.48 Å². The maximum absolute atomic E-state index is 10.6. The summed E-state index contributed by atoms with van der Waals surface area (Å²) in [7, 11) is 0. The summed E-state index contributed by atoms with van der Waals surface area (Å²) in [6.45, 7) is 2.80.